The van der Waals surface area contributed by atoms with Crippen LogP contribution in [0, 0.1) is 34.1 Å². The Balaban J connectivity index is 2.04. The maximum absolute atomic E-state index is 12.0. The van der Waals surface area contributed by atoms with Gasteiger partial charge < -0.3 is 10.1 Å². The number of nitrogens with zero attached hydrogens (tertiary/aromatic N) is 2. The highest BCUT2D eigenvalue weighted by molar-refractivity contribution is 5.94. The maximum atomic E-state index is 12.0. The Bertz CT molecular complexity index is 850. The van der Waals surface area contributed by atoms with E-state index in [4.69, 9.17) is 4.74 Å². The van der Waals surface area contributed by atoms with Crippen LogP contribution in [0.4, 0.5) is 17.1 Å². The number of anilines is 1. The lowest BCUT2D eigenvalue weighted by Crippen LogP contribution is -2.21. The van der Waals surface area contributed by atoms with Crippen molar-refractivity contribution in [3.8, 4) is 5.75 Å². The first-order chi connectivity index (χ1) is 11.8. The summed E-state index contributed by atoms with van der Waals surface area (Å²) < 4.78 is 5.33. The number of non-ortho nitro benzene ring substituents is 1. The maximum Gasteiger partial charge on any atom is 0.293 e. The van der Waals surface area contributed by atoms with Crippen LogP contribution in [-0.2, 0) is 4.79 Å². The Kier molecular flexibility index (Phi) is 5.28. The van der Waals surface area contributed by atoms with Gasteiger partial charge in [0, 0.05) is 18.2 Å². The zero-order valence-electron chi connectivity index (χ0n) is 13.5. The number of benzene rings is 2. The molecule has 0 fully saturated rings. The molecule has 1 amide bonds. The predicted molar refractivity (Wildman–Crippen MR) is 89.8 cm³/mol. The zero-order valence-corrected chi connectivity index (χ0v) is 13.5. The first kappa shape index (κ1) is 17.9. The third-order valence-electron chi connectivity index (χ3n) is 3.35. The lowest BCUT2D eigenvalue weighted by atomic mass is 10.2. The van der Waals surface area contributed by atoms with Gasteiger partial charge in [-0.15, -0.1) is 0 Å². The number of hydrogen-bond donors (Lipinski definition) is 1. The molecule has 0 bridgehead atoms. The standard InChI is InChI=1S/C16H15N3O6/c1-10-3-5-13(14(7-10)19(23)24)17-16(20)9-25-15-6-4-12(18(21)22)8-11(15)2/h3-8H,9H2,1-2H3,(H,17,20). The summed E-state index contributed by atoms with van der Waals surface area (Å²) in [7, 11) is 0. The fourth-order valence-electron chi connectivity index (χ4n) is 2.14. The molecule has 9 nitrogen and oxygen atoms in total. The molecule has 0 saturated heterocycles. The summed E-state index contributed by atoms with van der Waals surface area (Å²) in [5.41, 5.74) is 0.986. The van der Waals surface area contributed by atoms with Crippen LogP contribution in [0.1, 0.15) is 11.1 Å². The van der Waals surface area contributed by atoms with Gasteiger partial charge in [-0.25, -0.2) is 0 Å². The molecule has 2 aromatic rings. The summed E-state index contributed by atoms with van der Waals surface area (Å²) in [6, 6.07) is 8.45. The largest absolute Gasteiger partial charge is 0.483 e. The van der Waals surface area contributed by atoms with E-state index in [2.05, 4.69) is 5.32 Å². The highest BCUT2D eigenvalue weighted by atomic mass is 16.6. The molecule has 0 saturated carbocycles. The quantitative estimate of drug-likeness (QED) is 0.633. The molecule has 0 spiro atoms. The molecular formula is C16H15N3O6. The zero-order chi connectivity index (χ0) is 18.6. The second kappa shape index (κ2) is 7.39. The average molecular weight is 345 g/mol. The van der Waals surface area contributed by atoms with Gasteiger partial charge in [0.1, 0.15) is 11.4 Å². The third-order valence-corrected chi connectivity index (χ3v) is 3.35. The monoisotopic (exact) mass is 345 g/mol. The van der Waals surface area contributed by atoms with Gasteiger partial charge in [0.25, 0.3) is 17.3 Å². The number of carbonyl (C=O) groups is 1. The SMILES string of the molecule is Cc1ccc(NC(=O)COc2ccc([N+](=O)[O-])cc2C)c([N+](=O)[O-])c1. The fraction of sp³-hybridized carbons (Fsp3) is 0.188. The molecule has 0 aromatic heterocycles. The molecule has 9 heteroatoms. The Morgan fingerprint density at radius 2 is 1.80 bits per heavy atom. The lowest BCUT2D eigenvalue weighted by Gasteiger charge is -2.10. The molecular weight excluding hydrogens is 330 g/mol. The van der Waals surface area contributed by atoms with E-state index >= 15 is 0 Å². The number of nitrogens with one attached hydrogen (secondary N) is 1. The van der Waals surface area contributed by atoms with Gasteiger partial charge in [-0.1, -0.05) is 6.07 Å². The Morgan fingerprint density at radius 1 is 1.08 bits per heavy atom. The number of amides is 1. The normalized spacial score (nSPS) is 10.2. The van der Waals surface area contributed by atoms with E-state index in [-0.39, 0.29) is 23.7 Å². The summed E-state index contributed by atoms with van der Waals surface area (Å²) in [6.45, 7) is 2.94. The first-order valence-electron chi connectivity index (χ1n) is 7.20. The first-order valence-corrected chi connectivity index (χ1v) is 7.20. The Labute approximate surface area is 142 Å². The molecule has 25 heavy (non-hydrogen) atoms. The number of rotatable bonds is 6. The van der Waals surface area contributed by atoms with E-state index < -0.39 is 15.8 Å². The summed E-state index contributed by atoms with van der Waals surface area (Å²) in [4.78, 5) is 32.6. The number of nitro groups is 2. The van der Waals surface area contributed by atoms with Gasteiger partial charge >= 0.3 is 0 Å². The van der Waals surface area contributed by atoms with Crippen LogP contribution < -0.4 is 10.1 Å². The second-order valence-electron chi connectivity index (χ2n) is 5.32. The Morgan fingerprint density at radius 3 is 2.40 bits per heavy atom. The molecule has 0 atom stereocenters. The average Bonchev–Trinajstić information content (AvgIpc) is 2.55. The van der Waals surface area contributed by atoms with Crippen molar-refractivity contribution in [3.05, 3.63) is 67.8 Å². The molecule has 130 valence electrons. The van der Waals surface area contributed by atoms with Gasteiger partial charge in [-0.3, -0.25) is 25.0 Å². The van der Waals surface area contributed by atoms with Crippen molar-refractivity contribution in [1.29, 1.82) is 0 Å². The fourth-order valence-corrected chi connectivity index (χ4v) is 2.14. The van der Waals surface area contributed by atoms with Crippen LogP contribution in [-0.4, -0.2) is 22.4 Å². The molecule has 0 aliphatic heterocycles. The number of hydrogen-bond acceptors (Lipinski definition) is 6. The third kappa shape index (κ3) is 4.50. The number of carbonyl (C=O) groups excluding carboxylic acids is 1. The summed E-state index contributed by atoms with van der Waals surface area (Å²) >= 11 is 0. The molecule has 0 heterocycles. The number of aryl methyl sites for hydroxylation is 2. The molecule has 0 aliphatic rings. The Hall–Kier alpha value is -3.49. The molecule has 2 aromatic carbocycles. The van der Waals surface area contributed by atoms with E-state index in [0.29, 0.717) is 16.9 Å². The van der Waals surface area contributed by atoms with Crippen molar-refractivity contribution in [2.24, 2.45) is 0 Å². The van der Waals surface area contributed by atoms with Crippen molar-refractivity contribution in [3.63, 3.8) is 0 Å². The molecule has 0 unspecified atom stereocenters. The van der Waals surface area contributed by atoms with Gasteiger partial charge in [0.05, 0.1) is 9.85 Å². The van der Waals surface area contributed by atoms with Gasteiger partial charge in [-0.05, 0) is 37.1 Å². The van der Waals surface area contributed by atoms with Crippen LogP contribution >= 0.6 is 0 Å². The predicted octanol–water partition coefficient (Wildman–Crippen LogP) is 3.14. The minimum absolute atomic E-state index is 0.0737. The van der Waals surface area contributed by atoms with Crippen LogP contribution in [0.25, 0.3) is 0 Å². The van der Waals surface area contributed by atoms with E-state index in [1.54, 1.807) is 19.9 Å². The second-order valence-corrected chi connectivity index (χ2v) is 5.32. The number of nitro benzene ring substituents is 2. The minimum atomic E-state index is -0.579. The topological polar surface area (TPSA) is 125 Å². The van der Waals surface area contributed by atoms with Crippen LogP contribution in [0.5, 0.6) is 5.75 Å². The van der Waals surface area contributed by atoms with Crippen LogP contribution in [0.3, 0.4) is 0 Å². The van der Waals surface area contributed by atoms with Crippen molar-refractivity contribution < 1.29 is 19.4 Å². The summed E-state index contributed by atoms with van der Waals surface area (Å²) in [5, 5.41) is 24.1. The van der Waals surface area contributed by atoms with Crippen LogP contribution in [0.2, 0.25) is 0 Å². The smallest absolute Gasteiger partial charge is 0.293 e. The van der Waals surface area contributed by atoms with Crippen molar-refractivity contribution in [2.75, 3.05) is 11.9 Å². The minimum Gasteiger partial charge on any atom is -0.483 e. The van der Waals surface area contributed by atoms with E-state index in [1.165, 1.54) is 30.3 Å². The van der Waals surface area contributed by atoms with Crippen molar-refractivity contribution in [1.82, 2.24) is 0 Å². The van der Waals surface area contributed by atoms with Crippen molar-refractivity contribution >= 4 is 23.0 Å². The summed E-state index contributed by atoms with van der Waals surface area (Å²) in [5.74, 6) is -0.260. The van der Waals surface area contributed by atoms with Gasteiger partial charge in [0.15, 0.2) is 6.61 Å². The van der Waals surface area contributed by atoms with E-state index in [9.17, 15) is 25.0 Å². The molecule has 0 aliphatic carbocycles. The molecule has 2 rings (SSSR count). The number of ether oxygens (including phenoxy) is 1. The molecule has 0 radical (unpaired) electrons. The summed E-state index contributed by atoms with van der Waals surface area (Å²) in [6.07, 6.45) is 0. The lowest BCUT2D eigenvalue weighted by molar-refractivity contribution is -0.384. The van der Waals surface area contributed by atoms with E-state index in [0.717, 1.165) is 0 Å². The van der Waals surface area contributed by atoms with Gasteiger partial charge in [-0.2, -0.15) is 0 Å². The molecule has 1 N–H and O–H groups in total. The highest BCUT2D eigenvalue weighted by Gasteiger charge is 2.16. The highest BCUT2D eigenvalue weighted by Crippen LogP contribution is 2.26. The van der Waals surface area contributed by atoms with Gasteiger partial charge in [0.2, 0.25) is 0 Å². The van der Waals surface area contributed by atoms with E-state index in [1.807, 2.05) is 0 Å². The van der Waals surface area contributed by atoms with Crippen molar-refractivity contribution in [2.45, 2.75) is 13.8 Å². The van der Waals surface area contributed by atoms with Crippen LogP contribution in [0.15, 0.2) is 36.4 Å².